The second-order valence-electron chi connectivity index (χ2n) is 0.201. The molecule has 0 rings (SSSR count). The normalized spacial score (nSPS) is 6.75. The molecule has 0 unspecified atom stereocenters. The second-order valence-corrected chi connectivity index (χ2v) is 2.23. The summed E-state index contributed by atoms with van der Waals surface area (Å²) >= 11 is 6.08. The maximum absolute atomic E-state index is 9.20. The molecule has 0 aliphatic carbocycles. The number of hydrogen-bond donors (Lipinski definition) is 0. The molecule has 0 aromatic heterocycles. The van der Waals surface area contributed by atoms with E-state index in [2.05, 4.69) is 11.6 Å². The number of carbonyl (C=O) groups excluding carboxylic acids is 1. The minimum absolute atomic E-state index is 0.389. The van der Waals surface area contributed by atoms with Crippen LogP contribution in [-0.4, -0.2) is 3.63 Å². The molecule has 1 nitrogen and oxygen atoms in total. The van der Waals surface area contributed by atoms with Crippen molar-refractivity contribution in [3.63, 3.8) is 0 Å². The molecule has 0 saturated carbocycles. The van der Waals surface area contributed by atoms with Crippen molar-refractivity contribution in [2.75, 3.05) is 0 Å². The van der Waals surface area contributed by atoms with Crippen LogP contribution < -0.4 is 0 Å². The number of rotatable bonds is 0. The van der Waals surface area contributed by atoms with Crippen LogP contribution in [0.15, 0.2) is 0 Å². The Labute approximate surface area is 40.2 Å². The quantitative estimate of drug-likeness (QED) is 0.590. The van der Waals surface area contributed by atoms with Gasteiger partial charge in [0.1, 0.15) is 0 Å². The topological polar surface area (TPSA) is 17.1 Å². The Kier molecular flexibility index (Phi) is 2.23. The molecule has 0 N–H and O–H groups in total. The molecule has 0 heterocycles. The number of halogens is 1. The van der Waals surface area contributed by atoms with Crippen LogP contribution in [0.1, 0.15) is 0 Å². The van der Waals surface area contributed by atoms with Crippen LogP contribution in [0.3, 0.4) is 0 Å². The van der Waals surface area contributed by atoms with E-state index in [1.54, 1.807) is 0 Å². The van der Waals surface area contributed by atoms with Crippen molar-refractivity contribution >= 4 is 15.2 Å². The van der Waals surface area contributed by atoms with E-state index < -0.39 is 0 Å². The van der Waals surface area contributed by atoms with E-state index >= 15 is 0 Å². The van der Waals surface area contributed by atoms with Crippen LogP contribution in [0.4, 0.5) is 4.79 Å². The Morgan fingerprint density at radius 2 is 2.00 bits per heavy atom. The molecule has 0 radical (unpaired) electrons. The Balaban J connectivity index is 2.80. The summed E-state index contributed by atoms with van der Waals surface area (Å²) in [6.45, 7) is 0. The molecule has 0 aliphatic rings. The van der Waals surface area contributed by atoms with Gasteiger partial charge < -0.3 is 0 Å². The van der Waals surface area contributed by atoms with Crippen molar-refractivity contribution in [2.45, 2.75) is 0 Å². The molecule has 3 heteroatoms. The van der Waals surface area contributed by atoms with Gasteiger partial charge in [0.2, 0.25) is 0 Å². The monoisotopic (exact) mass is 258 g/mol. The van der Waals surface area contributed by atoms with Crippen molar-refractivity contribution in [2.24, 2.45) is 0 Å². The van der Waals surface area contributed by atoms with E-state index in [-0.39, 0.29) is 3.63 Å². The molecule has 0 amide bonds. The zero-order chi connectivity index (χ0) is 3.58. The Morgan fingerprint density at radius 1 is 2.00 bits per heavy atom. The van der Waals surface area contributed by atoms with Crippen LogP contribution in [0.25, 0.3) is 0 Å². The van der Waals surface area contributed by atoms with Gasteiger partial charge in [0.05, 0.1) is 0 Å². The predicted molar refractivity (Wildman–Crippen MR) is 11.2 cm³/mol. The van der Waals surface area contributed by atoms with Gasteiger partial charge in [0.15, 0.2) is 0 Å². The molecular formula is CClOPt. The predicted octanol–water partition coefficient (Wildman–Crippen LogP) is 0.892. The molecule has 0 aromatic rings. The first-order valence-electron chi connectivity index (χ1n) is 0.551. The van der Waals surface area contributed by atoms with Crippen molar-refractivity contribution in [3.05, 3.63) is 0 Å². The third-order valence-electron chi connectivity index (χ3n) is 0. The van der Waals surface area contributed by atoms with Gasteiger partial charge in [-0.1, -0.05) is 0 Å². The van der Waals surface area contributed by atoms with E-state index in [1.807, 2.05) is 0 Å². The van der Waals surface area contributed by atoms with Gasteiger partial charge in [-0.3, -0.25) is 0 Å². The SMILES string of the molecule is O=[C](Cl)[Pt]. The molecule has 4 heavy (non-hydrogen) atoms. The van der Waals surface area contributed by atoms with Crippen molar-refractivity contribution in [3.8, 4) is 0 Å². The van der Waals surface area contributed by atoms with Gasteiger partial charge >= 0.3 is 39.8 Å². The summed E-state index contributed by atoms with van der Waals surface area (Å²) in [7, 11) is 0. The van der Waals surface area contributed by atoms with Crippen LogP contribution in [0.5, 0.6) is 0 Å². The van der Waals surface area contributed by atoms with Gasteiger partial charge in [-0.25, -0.2) is 0 Å². The fourth-order valence-corrected chi connectivity index (χ4v) is 0. The summed E-state index contributed by atoms with van der Waals surface area (Å²) in [5.74, 6) is 0. The molecule has 0 saturated heterocycles. The molecular weight excluding hydrogens is 259 g/mol. The molecule has 0 spiro atoms. The second kappa shape index (κ2) is 1.92. The van der Waals surface area contributed by atoms with Crippen LogP contribution in [0, 0.1) is 0 Å². The third kappa shape index (κ3) is 17.1. The zero-order valence-electron chi connectivity index (χ0n) is 1.60. The summed E-state index contributed by atoms with van der Waals surface area (Å²) in [5.41, 5.74) is 0. The minimum atomic E-state index is -0.389. The van der Waals surface area contributed by atoms with Gasteiger partial charge in [-0.2, -0.15) is 0 Å². The molecule has 0 aliphatic heterocycles. The first-order valence-corrected chi connectivity index (χ1v) is 2.07. The van der Waals surface area contributed by atoms with Crippen molar-refractivity contribution in [1.29, 1.82) is 0 Å². The molecule has 0 fully saturated rings. The Hall–Kier alpha value is 0.648. The van der Waals surface area contributed by atoms with Crippen molar-refractivity contribution in [1.82, 2.24) is 0 Å². The standard InChI is InChI=1S/CClO.Pt/c2-1-3;. The average molecular weight is 259 g/mol. The first-order chi connectivity index (χ1) is 1.73. The summed E-state index contributed by atoms with van der Waals surface area (Å²) in [4.78, 5) is 9.20. The van der Waals surface area contributed by atoms with E-state index in [0.29, 0.717) is 0 Å². The summed E-state index contributed by atoms with van der Waals surface area (Å²) < 4.78 is -0.389. The fourth-order valence-electron chi connectivity index (χ4n) is 0. The Bertz CT molecular complexity index is 31.0. The number of carbonyl (C=O) groups is 1. The molecule has 0 aromatic carbocycles. The van der Waals surface area contributed by atoms with E-state index in [4.69, 9.17) is 0 Å². The van der Waals surface area contributed by atoms with Crippen LogP contribution in [-0.2, 0) is 19.8 Å². The summed E-state index contributed by atoms with van der Waals surface area (Å²) in [5, 5.41) is 0. The Morgan fingerprint density at radius 3 is 2.00 bits per heavy atom. The fraction of sp³-hybridized carbons (Fsp3) is 0. The van der Waals surface area contributed by atoms with Gasteiger partial charge in [0, 0.05) is 0 Å². The van der Waals surface area contributed by atoms with Gasteiger partial charge in [0.25, 0.3) is 0 Å². The van der Waals surface area contributed by atoms with E-state index in [0.717, 1.165) is 0 Å². The first kappa shape index (κ1) is 4.65. The van der Waals surface area contributed by atoms with E-state index in [9.17, 15) is 4.79 Å². The van der Waals surface area contributed by atoms with E-state index in [1.165, 1.54) is 19.8 Å². The number of hydrogen-bond acceptors (Lipinski definition) is 1. The summed E-state index contributed by atoms with van der Waals surface area (Å²) in [6.07, 6.45) is 0. The zero-order valence-corrected chi connectivity index (χ0v) is 4.63. The average Bonchev–Trinajstić information content (AvgIpc) is 0.811. The summed E-state index contributed by atoms with van der Waals surface area (Å²) in [6, 6.07) is 0. The van der Waals surface area contributed by atoms with Crippen LogP contribution in [0.2, 0.25) is 0 Å². The molecule has 27 valence electrons. The molecule has 0 bridgehead atoms. The van der Waals surface area contributed by atoms with Crippen LogP contribution >= 0.6 is 11.6 Å². The third-order valence-corrected chi connectivity index (χ3v) is 0. The molecule has 0 atom stereocenters. The maximum atomic E-state index is 9.20. The van der Waals surface area contributed by atoms with Gasteiger partial charge in [-0.05, 0) is 0 Å². The van der Waals surface area contributed by atoms with Gasteiger partial charge in [-0.15, -0.1) is 0 Å². The van der Waals surface area contributed by atoms with Crippen molar-refractivity contribution < 1.29 is 24.6 Å².